The van der Waals surface area contributed by atoms with Crippen LogP contribution >= 0.6 is 0 Å². The van der Waals surface area contributed by atoms with Gasteiger partial charge in [-0.2, -0.15) is 0 Å². The van der Waals surface area contributed by atoms with Gasteiger partial charge in [-0.15, -0.1) is 0 Å². The zero-order valence-corrected chi connectivity index (χ0v) is 10.7. The molecule has 0 bridgehead atoms. The normalized spacial score (nSPS) is 28.1. The first-order valence-corrected chi connectivity index (χ1v) is 7.24. The third kappa shape index (κ3) is 3.70. The monoisotopic (exact) mass is 239 g/mol. The molecule has 0 aromatic carbocycles. The second-order valence-electron chi connectivity index (χ2n) is 5.68. The van der Waals surface area contributed by atoms with Crippen molar-refractivity contribution in [2.24, 2.45) is 5.92 Å². The average molecular weight is 239 g/mol. The van der Waals surface area contributed by atoms with Crippen LogP contribution in [0, 0.1) is 5.92 Å². The Kier molecular flexibility index (Phi) is 4.84. The van der Waals surface area contributed by atoms with Crippen LogP contribution in [-0.4, -0.2) is 35.1 Å². The Morgan fingerprint density at radius 2 is 1.76 bits per heavy atom. The Bertz CT molecular complexity index is 249. The highest BCUT2D eigenvalue weighted by Crippen LogP contribution is 2.27. The van der Waals surface area contributed by atoms with E-state index >= 15 is 0 Å². The highest BCUT2D eigenvalue weighted by atomic mass is 16.4. The molecule has 0 radical (unpaired) electrons. The minimum atomic E-state index is -0.617. The average Bonchev–Trinajstić information content (AvgIpc) is 2.38. The van der Waals surface area contributed by atoms with Gasteiger partial charge in [-0.25, -0.2) is 0 Å². The van der Waals surface area contributed by atoms with Gasteiger partial charge in [0, 0.05) is 0 Å². The highest BCUT2D eigenvalue weighted by Gasteiger charge is 2.28. The van der Waals surface area contributed by atoms with Crippen molar-refractivity contribution < 1.29 is 9.90 Å². The van der Waals surface area contributed by atoms with Crippen molar-refractivity contribution in [1.82, 2.24) is 4.90 Å². The van der Waals surface area contributed by atoms with Gasteiger partial charge in [0.1, 0.15) is 6.04 Å². The van der Waals surface area contributed by atoms with Crippen LogP contribution in [0.25, 0.3) is 0 Å². The summed E-state index contributed by atoms with van der Waals surface area (Å²) >= 11 is 0. The highest BCUT2D eigenvalue weighted by molar-refractivity contribution is 5.73. The van der Waals surface area contributed by atoms with E-state index in [0.717, 1.165) is 31.8 Å². The van der Waals surface area contributed by atoms with Crippen molar-refractivity contribution >= 4 is 5.97 Å². The van der Waals surface area contributed by atoms with Gasteiger partial charge in [-0.05, 0) is 38.3 Å². The van der Waals surface area contributed by atoms with Crippen molar-refractivity contribution in [3.63, 3.8) is 0 Å². The van der Waals surface area contributed by atoms with Crippen LogP contribution in [0.15, 0.2) is 0 Å². The van der Waals surface area contributed by atoms with Crippen molar-refractivity contribution in [1.29, 1.82) is 0 Å². The standard InChI is InChI=1S/C14H25NO2/c16-14(17)13-8-4-5-10-15(13)11-9-12-6-2-1-3-7-12/h12-13H,1-11H2,(H,16,17). The van der Waals surface area contributed by atoms with Gasteiger partial charge in [-0.1, -0.05) is 38.5 Å². The van der Waals surface area contributed by atoms with Gasteiger partial charge in [0.25, 0.3) is 0 Å². The van der Waals surface area contributed by atoms with E-state index in [1.807, 2.05) is 0 Å². The first kappa shape index (κ1) is 12.9. The number of rotatable bonds is 4. The molecule has 0 spiro atoms. The SMILES string of the molecule is O=C(O)C1CCCCN1CCC1CCCCC1. The van der Waals surface area contributed by atoms with Crippen LogP contribution in [-0.2, 0) is 4.79 Å². The Labute approximate surface area is 104 Å². The fourth-order valence-corrected chi connectivity index (χ4v) is 3.36. The number of aliphatic carboxylic acids is 1. The van der Waals surface area contributed by atoms with E-state index in [-0.39, 0.29) is 6.04 Å². The molecular weight excluding hydrogens is 214 g/mol. The maximum Gasteiger partial charge on any atom is 0.320 e. The fourth-order valence-electron chi connectivity index (χ4n) is 3.36. The van der Waals surface area contributed by atoms with E-state index < -0.39 is 5.97 Å². The van der Waals surface area contributed by atoms with Gasteiger partial charge in [0.15, 0.2) is 0 Å². The van der Waals surface area contributed by atoms with Crippen LogP contribution < -0.4 is 0 Å². The molecule has 2 fully saturated rings. The van der Waals surface area contributed by atoms with Crippen molar-refractivity contribution in [3.05, 3.63) is 0 Å². The summed E-state index contributed by atoms with van der Waals surface area (Å²) in [7, 11) is 0. The third-order valence-electron chi connectivity index (χ3n) is 4.45. The number of likely N-dealkylation sites (tertiary alicyclic amines) is 1. The molecule has 2 aliphatic rings. The zero-order chi connectivity index (χ0) is 12.1. The second kappa shape index (κ2) is 6.39. The molecular formula is C14H25NO2. The van der Waals surface area contributed by atoms with E-state index in [2.05, 4.69) is 4.90 Å². The van der Waals surface area contributed by atoms with Crippen LogP contribution in [0.5, 0.6) is 0 Å². The molecule has 1 saturated heterocycles. The largest absolute Gasteiger partial charge is 0.480 e. The molecule has 1 saturated carbocycles. The molecule has 2 rings (SSSR count). The number of carboxylic acid groups (broad SMARTS) is 1. The summed E-state index contributed by atoms with van der Waals surface area (Å²) in [6.07, 6.45) is 11.2. The van der Waals surface area contributed by atoms with Gasteiger partial charge in [0.05, 0.1) is 0 Å². The topological polar surface area (TPSA) is 40.5 Å². The molecule has 17 heavy (non-hydrogen) atoms. The molecule has 0 aromatic heterocycles. The third-order valence-corrected chi connectivity index (χ3v) is 4.45. The van der Waals surface area contributed by atoms with Crippen LogP contribution in [0.2, 0.25) is 0 Å². The van der Waals surface area contributed by atoms with Crippen LogP contribution in [0.3, 0.4) is 0 Å². The lowest BCUT2D eigenvalue weighted by atomic mass is 9.86. The smallest absolute Gasteiger partial charge is 0.320 e. The van der Waals surface area contributed by atoms with Crippen molar-refractivity contribution in [2.45, 2.75) is 63.8 Å². The molecule has 3 nitrogen and oxygen atoms in total. The van der Waals surface area contributed by atoms with E-state index in [1.165, 1.54) is 44.9 Å². The molecule has 1 atom stereocenters. The number of nitrogens with zero attached hydrogens (tertiary/aromatic N) is 1. The maximum atomic E-state index is 11.2. The van der Waals surface area contributed by atoms with E-state index in [1.54, 1.807) is 0 Å². The second-order valence-corrected chi connectivity index (χ2v) is 5.68. The number of piperidine rings is 1. The Hall–Kier alpha value is -0.570. The van der Waals surface area contributed by atoms with Crippen LogP contribution in [0.4, 0.5) is 0 Å². The van der Waals surface area contributed by atoms with Gasteiger partial charge in [-0.3, -0.25) is 9.69 Å². The lowest BCUT2D eigenvalue weighted by Crippen LogP contribution is -2.45. The lowest BCUT2D eigenvalue weighted by molar-refractivity contribution is -0.144. The molecule has 1 heterocycles. The summed E-state index contributed by atoms with van der Waals surface area (Å²) in [5.41, 5.74) is 0. The van der Waals surface area contributed by atoms with E-state index in [0.29, 0.717) is 0 Å². The molecule has 0 aromatic rings. The summed E-state index contributed by atoms with van der Waals surface area (Å²) in [6.45, 7) is 1.99. The molecule has 1 aliphatic carbocycles. The van der Waals surface area contributed by atoms with E-state index in [4.69, 9.17) is 0 Å². The molecule has 1 N–H and O–H groups in total. The molecule has 1 aliphatic heterocycles. The summed E-state index contributed by atoms with van der Waals surface area (Å²) in [4.78, 5) is 13.4. The van der Waals surface area contributed by atoms with Gasteiger partial charge < -0.3 is 5.11 Å². The number of carboxylic acids is 1. The van der Waals surface area contributed by atoms with Gasteiger partial charge >= 0.3 is 5.97 Å². The van der Waals surface area contributed by atoms with Crippen molar-refractivity contribution in [3.8, 4) is 0 Å². The summed E-state index contributed by atoms with van der Waals surface area (Å²) in [5.74, 6) is 0.244. The maximum absolute atomic E-state index is 11.2. The summed E-state index contributed by atoms with van der Waals surface area (Å²) in [6, 6.07) is -0.202. The number of carbonyl (C=O) groups is 1. The molecule has 98 valence electrons. The lowest BCUT2D eigenvalue weighted by Gasteiger charge is -2.34. The van der Waals surface area contributed by atoms with Crippen molar-refractivity contribution in [2.75, 3.05) is 13.1 Å². The quantitative estimate of drug-likeness (QED) is 0.820. The first-order valence-electron chi connectivity index (χ1n) is 7.24. The van der Waals surface area contributed by atoms with Gasteiger partial charge in [0.2, 0.25) is 0 Å². The fraction of sp³-hybridized carbons (Fsp3) is 0.929. The Balaban J connectivity index is 1.77. The zero-order valence-electron chi connectivity index (χ0n) is 10.7. The Morgan fingerprint density at radius 3 is 2.47 bits per heavy atom. The first-order chi connectivity index (χ1) is 8.27. The molecule has 0 amide bonds. The predicted molar refractivity (Wildman–Crippen MR) is 68.0 cm³/mol. The number of hydrogen-bond donors (Lipinski definition) is 1. The molecule has 1 unspecified atom stereocenters. The minimum absolute atomic E-state index is 0.202. The summed E-state index contributed by atoms with van der Waals surface area (Å²) in [5, 5.41) is 9.20. The molecule has 3 heteroatoms. The minimum Gasteiger partial charge on any atom is -0.480 e. The van der Waals surface area contributed by atoms with E-state index in [9.17, 15) is 9.90 Å². The Morgan fingerprint density at radius 1 is 1.06 bits per heavy atom. The summed E-state index contributed by atoms with van der Waals surface area (Å²) < 4.78 is 0. The number of hydrogen-bond acceptors (Lipinski definition) is 2. The predicted octanol–water partition coefficient (Wildman–Crippen LogP) is 2.90. The van der Waals surface area contributed by atoms with Crippen LogP contribution in [0.1, 0.15) is 57.8 Å².